The quantitative estimate of drug-likeness (QED) is 0.785. The molecule has 154 valence electrons. The molecule has 0 bridgehead atoms. The molecule has 2 fully saturated rings. The van der Waals surface area contributed by atoms with Gasteiger partial charge in [-0.05, 0) is 24.6 Å². The number of likely N-dealkylation sites (N-methyl/N-ethyl adjacent to an activating group) is 1. The van der Waals surface area contributed by atoms with Crippen molar-refractivity contribution in [3.8, 4) is 5.75 Å². The first-order valence-electron chi connectivity index (χ1n) is 9.01. The zero-order chi connectivity index (χ0) is 20.6. The van der Waals surface area contributed by atoms with E-state index in [0.717, 1.165) is 0 Å². The van der Waals surface area contributed by atoms with Crippen LogP contribution in [0.25, 0.3) is 0 Å². The Hall–Kier alpha value is -2.76. The second kappa shape index (κ2) is 7.58. The van der Waals surface area contributed by atoms with Gasteiger partial charge in [0.25, 0.3) is 10.2 Å². The van der Waals surface area contributed by atoms with Crippen LogP contribution in [0.1, 0.15) is 6.42 Å². The van der Waals surface area contributed by atoms with Crippen molar-refractivity contribution in [3.05, 3.63) is 48.5 Å². The fraction of sp³-hybridized carbons (Fsp3) is 0.333. The molecular weight excluding hydrogens is 401 g/mol. The Labute approximate surface area is 167 Å². The van der Waals surface area contributed by atoms with Crippen LogP contribution in [0, 0.1) is 5.82 Å². The largest absolute Gasteiger partial charge is 0.488 e. The van der Waals surface area contributed by atoms with E-state index in [0.29, 0.717) is 25.2 Å². The summed E-state index contributed by atoms with van der Waals surface area (Å²) in [4.78, 5) is 16.0. The van der Waals surface area contributed by atoms with E-state index >= 15 is 0 Å². The number of pyridine rings is 1. The van der Waals surface area contributed by atoms with Crippen LogP contribution in [0.4, 0.5) is 20.6 Å². The van der Waals surface area contributed by atoms with Crippen molar-refractivity contribution in [1.29, 1.82) is 0 Å². The lowest BCUT2D eigenvalue weighted by Crippen LogP contribution is -2.36. The minimum absolute atomic E-state index is 0.215. The average molecular weight is 421 g/mol. The molecule has 2 N–H and O–H groups in total. The van der Waals surface area contributed by atoms with Gasteiger partial charge < -0.3 is 15.4 Å². The maximum atomic E-state index is 14.1. The van der Waals surface area contributed by atoms with Crippen LogP contribution < -0.4 is 15.4 Å². The molecule has 2 atom stereocenters. The summed E-state index contributed by atoms with van der Waals surface area (Å²) in [6, 6.07) is 6.36. The van der Waals surface area contributed by atoms with Gasteiger partial charge in [-0.3, -0.25) is 4.98 Å². The third kappa shape index (κ3) is 4.02. The number of amides is 2. The van der Waals surface area contributed by atoms with Crippen LogP contribution in [0.2, 0.25) is 0 Å². The molecule has 2 amide bonds. The number of ether oxygens (including phenoxy) is 1. The highest BCUT2D eigenvalue weighted by Crippen LogP contribution is 2.33. The number of hydrogen-bond acceptors (Lipinski definition) is 5. The van der Waals surface area contributed by atoms with E-state index in [1.54, 1.807) is 18.3 Å². The number of urea groups is 1. The number of fused-ring (bicyclic) bond motifs is 1. The number of nitrogens with one attached hydrogen (secondary N) is 2. The standard InChI is InChI=1S/C18H20FN5O4S/c1-23-11-16-17(4-6-24(16)29(23,26)27)28-15-8-12(19)7-14(9-15)22-18(25)21-13-3-2-5-20-10-13/h2-3,5,7-10,16-17H,4,6,11H2,1H3,(H2,21,22,25)/t16-,17+/m1/s1. The highest BCUT2D eigenvalue weighted by atomic mass is 32.2. The average Bonchev–Trinajstić information content (AvgIpc) is 3.14. The van der Waals surface area contributed by atoms with Crippen molar-refractivity contribution in [2.24, 2.45) is 0 Å². The van der Waals surface area contributed by atoms with Gasteiger partial charge in [0.1, 0.15) is 17.7 Å². The van der Waals surface area contributed by atoms with E-state index < -0.39 is 28.2 Å². The van der Waals surface area contributed by atoms with Gasteiger partial charge in [0.2, 0.25) is 0 Å². The first-order chi connectivity index (χ1) is 13.8. The third-order valence-corrected chi connectivity index (χ3v) is 6.89. The lowest BCUT2D eigenvalue weighted by Gasteiger charge is -2.20. The molecule has 9 nitrogen and oxygen atoms in total. The zero-order valence-corrected chi connectivity index (χ0v) is 16.4. The van der Waals surface area contributed by atoms with Crippen LogP contribution in [0.3, 0.4) is 0 Å². The highest BCUT2D eigenvalue weighted by Gasteiger charge is 2.50. The summed E-state index contributed by atoms with van der Waals surface area (Å²) in [7, 11) is -1.92. The summed E-state index contributed by atoms with van der Waals surface area (Å²) >= 11 is 0. The summed E-state index contributed by atoms with van der Waals surface area (Å²) in [6.07, 6.45) is 3.18. The Balaban J connectivity index is 1.44. The van der Waals surface area contributed by atoms with Crippen molar-refractivity contribution in [2.45, 2.75) is 18.6 Å². The molecule has 0 aliphatic carbocycles. The number of rotatable bonds is 4. The zero-order valence-electron chi connectivity index (χ0n) is 15.6. The first kappa shape index (κ1) is 19.6. The van der Waals surface area contributed by atoms with Gasteiger partial charge in [0.15, 0.2) is 0 Å². The number of carbonyl (C=O) groups excluding carboxylic acids is 1. The highest BCUT2D eigenvalue weighted by molar-refractivity contribution is 7.87. The van der Waals surface area contributed by atoms with Crippen molar-refractivity contribution in [2.75, 3.05) is 30.8 Å². The van der Waals surface area contributed by atoms with Crippen molar-refractivity contribution in [1.82, 2.24) is 13.6 Å². The van der Waals surface area contributed by atoms with Gasteiger partial charge in [-0.15, -0.1) is 0 Å². The van der Waals surface area contributed by atoms with E-state index in [4.69, 9.17) is 4.74 Å². The molecule has 0 radical (unpaired) electrons. The molecule has 0 saturated carbocycles. The lowest BCUT2D eigenvalue weighted by molar-refractivity contribution is 0.169. The first-order valence-corrected chi connectivity index (χ1v) is 10.4. The number of anilines is 2. The summed E-state index contributed by atoms with van der Waals surface area (Å²) in [5.41, 5.74) is 0.711. The minimum atomic E-state index is -3.45. The second-order valence-electron chi connectivity index (χ2n) is 6.91. The number of hydrogen-bond donors (Lipinski definition) is 2. The number of aromatic nitrogens is 1. The molecule has 2 aliphatic rings. The molecule has 2 saturated heterocycles. The molecule has 1 aromatic carbocycles. The van der Waals surface area contributed by atoms with Gasteiger partial charge in [-0.2, -0.15) is 17.0 Å². The van der Waals surface area contributed by atoms with E-state index in [9.17, 15) is 17.6 Å². The Kier molecular flexibility index (Phi) is 5.11. The lowest BCUT2D eigenvalue weighted by atomic mass is 10.1. The molecular formula is C18H20FN5O4S. The third-order valence-electron chi connectivity index (χ3n) is 4.90. The SMILES string of the molecule is CN1C[C@@H]2[C@@H](Oc3cc(F)cc(NC(=O)Nc4cccnc4)c3)CCN2S1(=O)=O. The van der Waals surface area contributed by atoms with Crippen LogP contribution in [-0.4, -0.2) is 60.3 Å². The van der Waals surface area contributed by atoms with Crippen LogP contribution in [0.15, 0.2) is 42.7 Å². The fourth-order valence-electron chi connectivity index (χ4n) is 3.58. The molecule has 2 aromatic rings. The number of benzene rings is 1. The molecule has 4 rings (SSSR count). The van der Waals surface area contributed by atoms with E-state index in [1.807, 2.05) is 0 Å². The number of carbonyl (C=O) groups is 1. The van der Waals surface area contributed by atoms with Gasteiger partial charge in [0, 0.05) is 44.2 Å². The number of nitrogens with zero attached hydrogens (tertiary/aromatic N) is 3. The summed E-state index contributed by atoms with van der Waals surface area (Å²) in [5, 5.41) is 5.14. The van der Waals surface area contributed by atoms with Gasteiger partial charge in [-0.25, -0.2) is 9.18 Å². The van der Waals surface area contributed by atoms with Gasteiger partial charge in [-0.1, -0.05) is 0 Å². The van der Waals surface area contributed by atoms with Crippen LogP contribution in [0.5, 0.6) is 5.75 Å². The van der Waals surface area contributed by atoms with E-state index in [2.05, 4.69) is 15.6 Å². The van der Waals surface area contributed by atoms with E-state index in [-0.39, 0.29) is 17.5 Å². The molecule has 1 aromatic heterocycles. The summed E-state index contributed by atoms with van der Waals surface area (Å²) in [6.45, 7) is 0.677. The Morgan fingerprint density at radius 1 is 1.28 bits per heavy atom. The topological polar surface area (TPSA) is 104 Å². The maximum absolute atomic E-state index is 14.1. The Bertz CT molecular complexity index is 1020. The molecule has 0 unspecified atom stereocenters. The van der Waals surface area contributed by atoms with E-state index in [1.165, 1.54) is 40.1 Å². The number of halogens is 1. The molecule has 2 aliphatic heterocycles. The normalized spacial score (nSPS) is 23.5. The monoisotopic (exact) mass is 421 g/mol. The molecule has 3 heterocycles. The van der Waals surface area contributed by atoms with Gasteiger partial charge in [0.05, 0.1) is 17.9 Å². The minimum Gasteiger partial charge on any atom is -0.488 e. The van der Waals surface area contributed by atoms with Crippen LogP contribution in [-0.2, 0) is 10.2 Å². The molecule has 0 spiro atoms. The van der Waals surface area contributed by atoms with Gasteiger partial charge >= 0.3 is 6.03 Å². The predicted octanol–water partition coefficient (Wildman–Crippen LogP) is 1.88. The molecule has 11 heteroatoms. The predicted molar refractivity (Wildman–Crippen MR) is 104 cm³/mol. The van der Waals surface area contributed by atoms with Crippen molar-refractivity contribution in [3.63, 3.8) is 0 Å². The molecule has 29 heavy (non-hydrogen) atoms. The van der Waals surface area contributed by atoms with Crippen molar-refractivity contribution >= 4 is 27.6 Å². The smallest absolute Gasteiger partial charge is 0.323 e. The van der Waals surface area contributed by atoms with Crippen molar-refractivity contribution < 1.29 is 22.3 Å². The maximum Gasteiger partial charge on any atom is 0.323 e. The Morgan fingerprint density at radius 3 is 2.83 bits per heavy atom. The fourth-order valence-corrected chi connectivity index (χ4v) is 5.16. The second-order valence-corrected chi connectivity index (χ2v) is 8.90. The summed E-state index contributed by atoms with van der Waals surface area (Å²) < 4.78 is 47.1. The van der Waals surface area contributed by atoms with Crippen LogP contribution >= 0.6 is 0 Å². The summed E-state index contributed by atoms with van der Waals surface area (Å²) in [5.74, 6) is -0.356. The Morgan fingerprint density at radius 2 is 2.07 bits per heavy atom.